The number of aliphatic hydroxyl groups excluding tert-OH is 1. The Labute approximate surface area is 102 Å². The molecule has 0 amide bonds. The lowest BCUT2D eigenvalue weighted by molar-refractivity contribution is 0.162. The number of aliphatic hydroxyl groups is 1. The first-order valence-electron chi connectivity index (χ1n) is 3.91. The third-order valence-corrected chi connectivity index (χ3v) is 2.51. The van der Waals surface area contributed by atoms with Crippen molar-refractivity contribution in [1.29, 1.82) is 0 Å². The maximum absolute atomic E-state index is 13.2. The van der Waals surface area contributed by atoms with Gasteiger partial charge in [0.2, 0.25) is 0 Å². The van der Waals surface area contributed by atoms with E-state index in [2.05, 4.69) is 22.6 Å². The fourth-order valence-corrected chi connectivity index (χ4v) is 1.55. The third-order valence-electron chi connectivity index (χ3n) is 1.84. The number of benzene rings is 1. The number of halogens is 3. The summed E-state index contributed by atoms with van der Waals surface area (Å²) in [6.45, 7) is 1.55. The van der Waals surface area contributed by atoms with Crippen LogP contribution in [0.15, 0.2) is 18.2 Å². The van der Waals surface area contributed by atoms with Gasteiger partial charge < -0.3 is 10.8 Å². The second-order valence-corrected chi connectivity index (χ2v) is 4.18. The maximum atomic E-state index is 13.2. The summed E-state index contributed by atoms with van der Waals surface area (Å²) in [6, 6.07) is 4.01. The van der Waals surface area contributed by atoms with Gasteiger partial charge in [-0.2, -0.15) is 0 Å². The van der Waals surface area contributed by atoms with Crippen molar-refractivity contribution in [2.45, 2.75) is 19.1 Å². The predicted octanol–water partition coefficient (Wildman–Crippen LogP) is 2.23. The lowest BCUT2D eigenvalue weighted by atomic mass is 10.0. The van der Waals surface area contributed by atoms with Gasteiger partial charge in [0.05, 0.1) is 12.1 Å². The molecule has 1 aromatic rings. The summed E-state index contributed by atoms with van der Waals surface area (Å²) in [4.78, 5) is 0. The number of rotatable bonds is 2. The van der Waals surface area contributed by atoms with Crippen LogP contribution < -0.4 is 5.73 Å². The maximum Gasteiger partial charge on any atom is 0.128 e. The Morgan fingerprint density at radius 2 is 2.07 bits per heavy atom. The van der Waals surface area contributed by atoms with Crippen LogP contribution in [0.1, 0.15) is 18.5 Å². The highest BCUT2D eigenvalue weighted by Gasteiger charge is 2.16. The zero-order chi connectivity index (χ0) is 10.0. The van der Waals surface area contributed by atoms with Crippen molar-refractivity contribution in [2.75, 3.05) is 0 Å². The van der Waals surface area contributed by atoms with E-state index in [1.807, 2.05) is 0 Å². The molecule has 0 radical (unpaired) electrons. The average Bonchev–Trinajstić information content (AvgIpc) is 2.08. The average molecular weight is 332 g/mol. The van der Waals surface area contributed by atoms with Crippen molar-refractivity contribution in [2.24, 2.45) is 5.73 Å². The van der Waals surface area contributed by atoms with E-state index in [-0.39, 0.29) is 18.2 Å². The van der Waals surface area contributed by atoms with Crippen LogP contribution in [0.25, 0.3) is 0 Å². The van der Waals surface area contributed by atoms with Crippen molar-refractivity contribution < 1.29 is 9.50 Å². The van der Waals surface area contributed by atoms with Gasteiger partial charge in [0.1, 0.15) is 5.82 Å². The molecule has 5 heteroatoms. The monoisotopic (exact) mass is 331 g/mol. The molecule has 0 aliphatic heterocycles. The molecule has 80 valence electrons. The lowest BCUT2D eigenvalue weighted by Crippen LogP contribution is -2.24. The molecular weight excluding hydrogens is 319 g/mol. The first-order valence-corrected chi connectivity index (χ1v) is 4.99. The van der Waals surface area contributed by atoms with E-state index >= 15 is 0 Å². The fourth-order valence-electron chi connectivity index (χ4n) is 1.03. The summed E-state index contributed by atoms with van der Waals surface area (Å²) in [6.07, 6.45) is -0.743. The van der Waals surface area contributed by atoms with Crippen LogP contribution in [-0.4, -0.2) is 11.2 Å². The van der Waals surface area contributed by atoms with Gasteiger partial charge in [0.15, 0.2) is 0 Å². The van der Waals surface area contributed by atoms with Gasteiger partial charge >= 0.3 is 0 Å². The van der Waals surface area contributed by atoms with Gasteiger partial charge in [-0.15, -0.1) is 12.4 Å². The van der Waals surface area contributed by atoms with E-state index in [4.69, 9.17) is 5.73 Å². The quantitative estimate of drug-likeness (QED) is 0.817. The molecule has 0 saturated heterocycles. The Balaban J connectivity index is 0.00000169. The topological polar surface area (TPSA) is 46.2 Å². The Hall–Kier alpha value is 0.0900. The van der Waals surface area contributed by atoms with Gasteiger partial charge in [-0.3, -0.25) is 0 Å². The van der Waals surface area contributed by atoms with Crippen LogP contribution in [0.3, 0.4) is 0 Å². The smallest absolute Gasteiger partial charge is 0.128 e. The van der Waals surface area contributed by atoms with E-state index in [0.717, 1.165) is 3.57 Å². The standard InChI is InChI=1S/C9H11FINO.ClH/c1-5(13)9(12)7-4-6(11)2-3-8(7)10;/h2-5,9,13H,12H2,1H3;1H/t5-,9-;/m1./s1. The molecule has 0 bridgehead atoms. The number of hydrogen-bond acceptors (Lipinski definition) is 2. The molecule has 0 heterocycles. The molecule has 0 aliphatic rings. The van der Waals surface area contributed by atoms with Crippen LogP contribution in [0.2, 0.25) is 0 Å². The summed E-state index contributed by atoms with van der Waals surface area (Å²) in [5, 5.41) is 9.20. The minimum absolute atomic E-state index is 0. The number of hydrogen-bond donors (Lipinski definition) is 2. The Bertz CT molecular complexity index is 309. The predicted molar refractivity (Wildman–Crippen MR) is 65.0 cm³/mol. The van der Waals surface area contributed by atoms with Gasteiger partial charge in [-0.1, -0.05) is 0 Å². The number of nitrogens with two attached hydrogens (primary N) is 1. The van der Waals surface area contributed by atoms with Crippen LogP contribution in [0.4, 0.5) is 4.39 Å². The van der Waals surface area contributed by atoms with Crippen molar-refractivity contribution in [3.63, 3.8) is 0 Å². The lowest BCUT2D eigenvalue weighted by Gasteiger charge is -2.15. The van der Waals surface area contributed by atoms with Gasteiger partial charge in [-0.05, 0) is 47.7 Å². The highest BCUT2D eigenvalue weighted by Crippen LogP contribution is 2.20. The molecule has 0 saturated carbocycles. The van der Waals surface area contributed by atoms with E-state index in [0.29, 0.717) is 5.56 Å². The summed E-state index contributed by atoms with van der Waals surface area (Å²) >= 11 is 2.07. The molecule has 0 spiro atoms. The normalized spacial score (nSPS) is 14.4. The Morgan fingerprint density at radius 3 is 2.57 bits per heavy atom. The zero-order valence-corrected chi connectivity index (χ0v) is 10.5. The fraction of sp³-hybridized carbons (Fsp3) is 0.333. The van der Waals surface area contributed by atoms with E-state index in [9.17, 15) is 9.50 Å². The Morgan fingerprint density at radius 1 is 1.50 bits per heavy atom. The van der Waals surface area contributed by atoms with Gasteiger partial charge in [0.25, 0.3) is 0 Å². The van der Waals surface area contributed by atoms with E-state index in [1.165, 1.54) is 6.07 Å². The molecule has 2 atom stereocenters. The highest BCUT2D eigenvalue weighted by atomic mass is 127. The van der Waals surface area contributed by atoms with Crippen molar-refractivity contribution >= 4 is 35.0 Å². The molecular formula is C9H12ClFINO. The van der Waals surface area contributed by atoms with Gasteiger partial charge in [-0.25, -0.2) is 4.39 Å². The summed E-state index contributed by atoms with van der Waals surface area (Å²) in [7, 11) is 0. The van der Waals surface area contributed by atoms with Crippen molar-refractivity contribution in [3.8, 4) is 0 Å². The minimum atomic E-state index is -0.743. The molecule has 0 unspecified atom stereocenters. The summed E-state index contributed by atoms with van der Waals surface area (Å²) in [5.74, 6) is -0.367. The van der Waals surface area contributed by atoms with E-state index < -0.39 is 12.1 Å². The zero-order valence-electron chi connectivity index (χ0n) is 7.58. The summed E-state index contributed by atoms with van der Waals surface area (Å²) < 4.78 is 14.1. The van der Waals surface area contributed by atoms with Crippen LogP contribution in [0.5, 0.6) is 0 Å². The van der Waals surface area contributed by atoms with Crippen LogP contribution in [0, 0.1) is 9.39 Å². The first kappa shape index (κ1) is 14.1. The highest BCUT2D eigenvalue weighted by molar-refractivity contribution is 14.1. The van der Waals surface area contributed by atoms with E-state index in [1.54, 1.807) is 19.1 Å². The first-order chi connectivity index (χ1) is 6.02. The van der Waals surface area contributed by atoms with Crippen LogP contribution in [-0.2, 0) is 0 Å². The molecule has 0 aromatic heterocycles. The second-order valence-electron chi connectivity index (χ2n) is 2.93. The van der Waals surface area contributed by atoms with Crippen molar-refractivity contribution in [1.82, 2.24) is 0 Å². The van der Waals surface area contributed by atoms with Gasteiger partial charge in [0, 0.05) is 9.13 Å². The molecule has 2 nitrogen and oxygen atoms in total. The largest absolute Gasteiger partial charge is 0.391 e. The molecule has 0 fully saturated rings. The molecule has 0 aliphatic carbocycles. The molecule has 1 aromatic carbocycles. The second kappa shape index (κ2) is 5.85. The third kappa shape index (κ3) is 3.34. The Kier molecular flexibility index (Phi) is 5.88. The molecule has 3 N–H and O–H groups in total. The van der Waals surface area contributed by atoms with Crippen molar-refractivity contribution in [3.05, 3.63) is 33.1 Å². The van der Waals surface area contributed by atoms with Crippen LogP contribution >= 0.6 is 35.0 Å². The summed E-state index contributed by atoms with van der Waals surface area (Å²) in [5.41, 5.74) is 5.98. The molecule has 14 heavy (non-hydrogen) atoms. The minimum Gasteiger partial charge on any atom is -0.391 e. The molecule has 1 rings (SSSR count). The SMILES string of the molecule is C[C@@H](O)[C@@H](N)c1cc(I)ccc1F.Cl.